The molecule has 0 fully saturated rings. The van der Waals surface area contributed by atoms with Crippen molar-refractivity contribution in [1.29, 1.82) is 0 Å². The maximum absolute atomic E-state index is 11.1. The van der Waals surface area contributed by atoms with Gasteiger partial charge in [0.25, 0.3) is 0 Å². The van der Waals surface area contributed by atoms with Gasteiger partial charge in [0.2, 0.25) is 0 Å². The molecular formula is C12H12O4. The number of esters is 1. The first-order chi connectivity index (χ1) is 7.74. The third-order valence-electron chi connectivity index (χ3n) is 2.33. The van der Waals surface area contributed by atoms with Crippen molar-refractivity contribution < 1.29 is 18.7 Å². The van der Waals surface area contributed by atoms with Crippen LogP contribution in [0.15, 0.2) is 28.7 Å². The highest BCUT2D eigenvalue weighted by Gasteiger charge is 2.11. The molecule has 4 nitrogen and oxygen atoms in total. The third kappa shape index (κ3) is 1.86. The van der Waals surface area contributed by atoms with Crippen LogP contribution in [0.2, 0.25) is 0 Å². The highest BCUT2D eigenvalue weighted by atomic mass is 16.5. The van der Waals surface area contributed by atoms with Crippen molar-refractivity contribution in [2.45, 2.75) is 6.42 Å². The Balaban J connectivity index is 2.39. The highest BCUT2D eigenvalue weighted by molar-refractivity contribution is 5.84. The second-order valence-electron chi connectivity index (χ2n) is 3.34. The number of methoxy groups -OCH3 is 2. The van der Waals surface area contributed by atoms with E-state index in [0.29, 0.717) is 17.1 Å². The van der Waals surface area contributed by atoms with Gasteiger partial charge in [-0.05, 0) is 12.1 Å². The van der Waals surface area contributed by atoms with Crippen LogP contribution in [0.5, 0.6) is 5.75 Å². The number of hydrogen-bond donors (Lipinski definition) is 0. The van der Waals surface area contributed by atoms with E-state index >= 15 is 0 Å². The molecule has 2 rings (SSSR count). The zero-order valence-corrected chi connectivity index (χ0v) is 9.15. The molecule has 0 unspecified atom stereocenters. The van der Waals surface area contributed by atoms with Crippen molar-refractivity contribution >= 4 is 16.9 Å². The van der Waals surface area contributed by atoms with Gasteiger partial charge in [-0.2, -0.15) is 0 Å². The van der Waals surface area contributed by atoms with Gasteiger partial charge in [-0.1, -0.05) is 12.1 Å². The molecule has 0 N–H and O–H groups in total. The van der Waals surface area contributed by atoms with E-state index in [9.17, 15) is 4.79 Å². The van der Waals surface area contributed by atoms with Crippen LogP contribution in [0.4, 0.5) is 0 Å². The van der Waals surface area contributed by atoms with E-state index in [4.69, 9.17) is 9.15 Å². The fourth-order valence-corrected chi connectivity index (χ4v) is 1.55. The van der Waals surface area contributed by atoms with Crippen molar-refractivity contribution in [3.63, 3.8) is 0 Å². The van der Waals surface area contributed by atoms with E-state index in [-0.39, 0.29) is 12.4 Å². The number of fused-ring (bicyclic) bond motifs is 1. The number of para-hydroxylation sites is 1. The molecule has 0 saturated heterocycles. The molecule has 4 heteroatoms. The van der Waals surface area contributed by atoms with E-state index < -0.39 is 0 Å². The molecule has 0 amide bonds. The molecule has 1 heterocycles. The highest BCUT2D eigenvalue weighted by Crippen LogP contribution is 2.28. The Morgan fingerprint density at radius 2 is 2.19 bits per heavy atom. The number of carbonyl (C=O) groups excluding carboxylic acids is 1. The lowest BCUT2D eigenvalue weighted by molar-refractivity contribution is -0.140. The van der Waals surface area contributed by atoms with Crippen molar-refractivity contribution in [3.8, 4) is 5.75 Å². The molecule has 0 saturated carbocycles. The molecule has 0 bridgehead atoms. The van der Waals surface area contributed by atoms with Crippen molar-refractivity contribution in [3.05, 3.63) is 30.0 Å². The topological polar surface area (TPSA) is 48.7 Å². The summed E-state index contributed by atoms with van der Waals surface area (Å²) in [5.41, 5.74) is 0.656. The average Bonchev–Trinajstić information content (AvgIpc) is 2.70. The Bertz CT molecular complexity index is 513. The summed E-state index contributed by atoms with van der Waals surface area (Å²) in [6.45, 7) is 0. The van der Waals surface area contributed by atoms with Crippen LogP contribution < -0.4 is 4.74 Å². The van der Waals surface area contributed by atoms with Crippen LogP contribution in [0.25, 0.3) is 11.0 Å². The van der Waals surface area contributed by atoms with Crippen LogP contribution in [-0.2, 0) is 16.0 Å². The van der Waals surface area contributed by atoms with Crippen molar-refractivity contribution in [1.82, 2.24) is 0 Å². The van der Waals surface area contributed by atoms with E-state index in [1.165, 1.54) is 7.11 Å². The minimum atomic E-state index is -0.321. The maximum atomic E-state index is 11.1. The summed E-state index contributed by atoms with van der Waals surface area (Å²) in [6, 6.07) is 7.41. The molecular weight excluding hydrogens is 208 g/mol. The summed E-state index contributed by atoms with van der Waals surface area (Å²) in [5, 5.41) is 0.915. The molecule has 0 aliphatic heterocycles. The lowest BCUT2D eigenvalue weighted by Crippen LogP contribution is -2.03. The third-order valence-corrected chi connectivity index (χ3v) is 2.33. The molecule has 0 aliphatic rings. The lowest BCUT2D eigenvalue weighted by atomic mass is 10.2. The van der Waals surface area contributed by atoms with Crippen LogP contribution in [0, 0.1) is 0 Å². The number of benzene rings is 1. The monoisotopic (exact) mass is 220 g/mol. The first-order valence-corrected chi connectivity index (χ1v) is 4.87. The van der Waals surface area contributed by atoms with Gasteiger partial charge < -0.3 is 13.9 Å². The van der Waals surface area contributed by atoms with Crippen molar-refractivity contribution in [2.75, 3.05) is 14.2 Å². The zero-order valence-electron chi connectivity index (χ0n) is 9.15. The van der Waals surface area contributed by atoms with Gasteiger partial charge in [0, 0.05) is 5.39 Å². The first kappa shape index (κ1) is 10.5. The second-order valence-corrected chi connectivity index (χ2v) is 3.34. The molecule has 0 radical (unpaired) electrons. The average molecular weight is 220 g/mol. The van der Waals surface area contributed by atoms with Crippen molar-refractivity contribution in [2.24, 2.45) is 0 Å². The molecule has 16 heavy (non-hydrogen) atoms. The second kappa shape index (κ2) is 4.26. The first-order valence-electron chi connectivity index (χ1n) is 4.87. The smallest absolute Gasteiger partial charge is 0.313 e. The quantitative estimate of drug-likeness (QED) is 0.744. The lowest BCUT2D eigenvalue weighted by Gasteiger charge is -1.98. The number of hydrogen-bond acceptors (Lipinski definition) is 4. The number of rotatable bonds is 3. The van der Waals surface area contributed by atoms with Gasteiger partial charge in [0.05, 0.1) is 14.2 Å². The van der Waals surface area contributed by atoms with E-state index in [1.54, 1.807) is 7.11 Å². The summed E-state index contributed by atoms with van der Waals surface area (Å²) >= 11 is 0. The summed E-state index contributed by atoms with van der Waals surface area (Å²) in [5.74, 6) is 0.915. The fourth-order valence-electron chi connectivity index (χ4n) is 1.55. The molecule has 2 aromatic rings. The van der Waals surface area contributed by atoms with Gasteiger partial charge >= 0.3 is 5.97 Å². The van der Waals surface area contributed by atoms with Gasteiger partial charge in [0.1, 0.15) is 12.2 Å². The summed E-state index contributed by atoms with van der Waals surface area (Å²) < 4.78 is 15.3. The SMILES string of the molecule is COC(=O)Cc1cc2cccc(OC)c2o1. The number of carbonyl (C=O) groups is 1. The van der Waals surface area contributed by atoms with Gasteiger partial charge in [-0.3, -0.25) is 4.79 Å². The largest absolute Gasteiger partial charge is 0.493 e. The Morgan fingerprint density at radius 1 is 1.38 bits per heavy atom. The number of ether oxygens (including phenoxy) is 2. The van der Waals surface area contributed by atoms with Gasteiger partial charge in [0.15, 0.2) is 11.3 Å². The van der Waals surface area contributed by atoms with Crippen LogP contribution in [-0.4, -0.2) is 20.2 Å². The molecule has 0 aliphatic carbocycles. The molecule has 0 spiro atoms. The summed E-state index contributed by atoms with van der Waals surface area (Å²) in [6.07, 6.45) is 0.133. The van der Waals surface area contributed by atoms with Crippen LogP contribution >= 0.6 is 0 Å². The normalized spacial score (nSPS) is 10.4. The molecule has 1 aromatic carbocycles. The Hall–Kier alpha value is -1.97. The van der Waals surface area contributed by atoms with Crippen LogP contribution in [0.3, 0.4) is 0 Å². The van der Waals surface area contributed by atoms with E-state index in [2.05, 4.69) is 4.74 Å². The van der Waals surface area contributed by atoms with Gasteiger partial charge in [-0.25, -0.2) is 0 Å². The van der Waals surface area contributed by atoms with E-state index in [0.717, 1.165) is 5.39 Å². The minimum absolute atomic E-state index is 0.133. The predicted molar refractivity (Wildman–Crippen MR) is 58.5 cm³/mol. The van der Waals surface area contributed by atoms with Crippen LogP contribution in [0.1, 0.15) is 5.76 Å². The molecule has 1 aromatic heterocycles. The Morgan fingerprint density at radius 3 is 2.88 bits per heavy atom. The zero-order chi connectivity index (χ0) is 11.5. The van der Waals surface area contributed by atoms with Gasteiger partial charge in [-0.15, -0.1) is 0 Å². The maximum Gasteiger partial charge on any atom is 0.313 e. The molecule has 84 valence electrons. The summed E-state index contributed by atoms with van der Waals surface area (Å²) in [4.78, 5) is 11.1. The number of furan rings is 1. The fraction of sp³-hybridized carbons (Fsp3) is 0.250. The van der Waals surface area contributed by atoms with E-state index in [1.807, 2.05) is 24.3 Å². The predicted octanol–water partition coefficient (Wildman–Crippen LogP) is 2.16. The Labute approximate surface area is 92.8 Å². The summed E-state index contributed by atoms with van der Waals surface area (Å²) in [7, 11) is 2.93. The minimum Gasteiger partial charge on any atom is -0.493 e. The standard InChI is InChI=1S/C12H12O4/c1-14-10-5-3-4-8-6-9(16-12(8)10)7-11(13)15-2/h3-6H,7H2,1-2H3. The Kier molecular flexibility index (Phi) is 2.81. The molecule has 0 atom stereocenters.